The molecule has 0 saturated carbocycles. The van der Waals surface area contributed by atoms with Crippen molar-refractivity contribution in [1.29, 1.82) is 0 Å². The van der Waals surface area contributed by atoms with Crippen LogP contribution in [0.1, 0.15) is 27.8 Å². The van der Waals surface area contributed by atoms with Crippen molar-refractivity contribution < 1.29 is 13.5 Å². The summed E-state index contributed by atoms with van der Waals surface area (Å²) in [4.78, 5) is 0. The van der Waals surface area contributed by atoms with E-state index < -0.39 is 11.7 Å². The number of rotatable bonds is 3. The molecule has 0 aliphatic carbocycles. The summed E-state index contributed by atoms with van der Waals surface area (Å²) >= 11 is 0. The lowest BCUT2D eigenvalue weighted by atomic mass is 9.97. The Balaban J connectivity index is 1.78. The molecule has 0 aromatic heterocycles. The zero-order valence-corrected chi connectivity index (χ0v) is 17.2. The lowest BCUT2D eigenvalue weighted by Gasteiger charge is -2.09. The highest BCUT2D eigenvalue weighted by molar-refractivity contribution is 6.00. The minimum Gasteiger partial charge on any atom is -0.497 e. The van der Waals surface area contributed by atoms with Crippen molar-refractivity contribution in [3.63, 3.8) is 0 Å². The van der Waals surface area contributed by atoms with Crippen LogP contribution in [-0.2, 0) is 0 Å². The molecule has 0 atom stereocenters. The molecule has 0 aliphatic rings. The van der Waals surface area contributed by atoms with Gasteiger partial charge in [0.15, 0.2) is 11.7 Å². The Morgan fingerprint density at radius 2 is 1.39 bits per heavy atom. The van der Waals surface area contributed by atoms with Crippen LogP contribution in [0.3, 0.4) is 0 Å². The van der Waals surface area contributed by atoms with Gasteiger partial charge in [0.25, 0.3) is 0 Å². The summed E-state index contributed by atoms with van der Waals surface area (Å²) in [6.07, 6.45) is 0. The summed E-state index contributed by atoms with van der Waals surface area (Å²) in [5.41, 5.74) is 3.19. The lowest BCUT2D eigenvalue weighted by Crippen LogP contribution is -1.90. The van der Waals surface area contributed by atoms with Crippen molar-refractivity contribution in [1.82, 2.24) is 0 Å². The molecule has 0 unspecified atom stereocenters. The Morgan fingerprint density at radius 3 is 2.06 bits per heavy atom. The van der Waals surface area contributed by atoms with Crippen LogP contribution in [0, 0.1) is 18.8 Å². The van der Waals surface area contributed by atoms with Crippen LogP contribution in [-0.4, -0.2) is 7.11 Å². The molecule has 4 rings (SSSR count). The molecule has 3 heteroatoms. The molecule has 1 nitrogen and oxygen atoms in total. The van der Waals surface area contributed by atoms with E-state index in [2.05, 4.69) is 11.8 Å². The van der Waals surface area contributed by atoms with E-state index >= 15 is 4.39 Å². The second-order valence-electron chi connectivity index (χ2n) is 7.18. The van der Waals surface area contributed by atoms with Crippen LogP contribution in [0.4, 0.5) is 8.78 Å². The van der Waals surface area contributed by atoms with E-state index in [1.54, 1.807) is 30.3 Å². The quantitative estimate of drug-likeness (QED) is 0.254. The van der Waals surface area contributed by atoms with E-state index in [0.29, 0.717) is 11.1 Å². The zero-order valence-electron chi connectivity index (χ0n) is 17.2. The molecule has 0 fully saturated rings. The molecule has 0 spiro atoms. The van der Waals surface area contributed by atoms with Gasteiger partial charge in [-0.15, -0.1) is 0 Å². The molecule has 0 bridgehead atoms. The van der Waals surface area contributed by atoms with E-state index in [4.69, 9.17) is 4.74 Å². The lowest BCUT2D eigenvalue weighted by molar-refractivity contribution is 0.414. The molecule has 0 aliphatic heterocycles. The third-order valence-electron chi connectivity index (χ3n) is 5.09. The number of fused-ring (bicyclic) bond motifs is 1. The molecular weight excluding hydrogens is 390 g/mol. The van der Waals surface area contributed by atoms with Gasteiger partial charge in [-0.05, 0) is 60.2 Å². The van der Waals surface area contributed by atoms with Crippen molar-refractivity contribution in [2.24, 2.45) is 0 Å². The van der Waals surface area contributed by atoms with Gasteiger partial charge in [-0.1, -0.05) is 59.9 Å². The second-order valence-corrected chi connectivity index (χ2v) is 7.18. The van der Waals surface area contributed by atoms with Gasteiger partial charge in [-0.2, -0.15) is 0 Å². The van der Waals surface area contributed by atoms with Crippen molar-refractivity contribution in [2.45, 2.75) is 6.92 Å². The number of benzene rings is 4. The van der Waals surface area contributed by atoms with Crippen molar-refractivity contribution in [3.05, 3.63) is 113 Å². The standard InChI is InChI=1S/C28H20F2O/c1-19-7-9-20(10-8-19)11-12-21-15-18-26(25-6-4-3-5-24(21)25)28(30)27(29)22-13-16-23(31-2)17-14-22/h3-10,13-18H,1-2H3/b28-27+. The van der Waals surface area contributed by atoms with Gasteiger partial charge < -0.3 is 4.74 Å². The van der Waals surface area contributed by atoms with E-state index in [1.165, 1.54) is 24.8 Å². The SMILES string of the molecule is COc1ccc(/C(F)=C(\F)c2ccc(C#Cc3ccc(C)cc3)c3ccccc23)cc1. The molecule has 31 heavy (non-hydrogen) atoms. The molecular formula is C28H20F2O. The summed E-state index contributed by atoms with van der Waals surface area (Å²) in [5.74, 6) is 5.08. The minimum absolute atomic E-state index is 0.158. The Morgan fingerprint density at radius 1 is 0.710 bits per heavy atom. The fourth-order valence-corrected chi connectivity index (χ4v) is 3.36. The third kappa shape index (κ3) is 4.34. The molecule has 4 aromatic carbocycles. The highest BCUT2D eigenvalue weighted by Crippen LogP contribution is 2.34. The van der Waals surface area contributed by atoms with Gasteiger partial charge in [0.1, 0.15) is 5.75 Å². The first-order valence-electron chi connectivity index (χ1n) is 9.87. The predicted octanol–water partition coefficient (Wildman–Crippen LogP) is 7.32. The highest BCUT2D eigenvalue weighted by Gasteiger charge is 2.15. The number of aryl methyl sites for hydroxylation is 1. The minimum atomic E-state index is -0.911. The van der Waals surface area contributed by atoms with Crippen molar-refractivity contribution in [3.8, 4) is 17.6 Å². The molecule has 152 valence electrons. The van der Waals surface area contributed by atoms with Crippen LogP contribution >= 0.6 is 0 Å². The van der Waals surface area contributed by atoms with Crippen molar-refractivity contribution >= 4 is 22.4 Å². The molecule has 0 N–H and O–H groups in total. The van der Waals surface area contributed by atoms with Crippen molar-refractivity contribution in [2.75, 3.05) is 7.11 Å². The highest BCUT2D eigenvalue weighted by atomic mass is 19.2. The van der Waals surface area contributed by atoms with Crippen LogP contribution in [0.2, 0.25) is 0 Å². The molecule has 4 aromatic rings. The number of methoxy groups -OCH3 is 1. The number of halogens is 2. The van der Waals surface area contributed by atoms with E-state index in [9.17, 15) is 4.39 Å². The van der Waals surface area contributed by atoms with E-state index in [0.717, 1.165) is 16.5 Å². The second kappa shape index (κ2) is 8.85. The van der Waals surface area contributed by atoms with E-state index in [-0.39, 0.29) is 11.1 Å². The Kier molecular flexibility index (Phi) is 5.82. The van der Waals surface area contributed by atoms with Gasteiger partial charge in [0.2, 0.25) is 0 Å². The summed E-state index contributed by atoms with van der Waals surface area (Å²) in [6, 6.07) is 24.8. The molecule has 0 heterocycles. The monoisotopic (exact) mass is 410 g/mol. The predicted molar refractivity (Wildman–Crippen MR) is 123 cm³/mol. The Labute approximate surface area is 180 Å². The Bertz CT molecular complexity index is 1320. The summed E-state index contributed by atoms with van der Waals surface area (Å²) in [7, 11) is 1.53. The molecule has 0 radical (unpaired) electrons. The fraction of sp³-hybridized carbons (Fsp3) is 0.0714. The maximum atomic E-state index is 15.2. The van der Waals surface area contributed by atoms with Gasteiger partial charge in [0.05, 0.1) is 7.11 Å². The van der Waals surface area contributed by atoms with Gasteiger partial charge in [-0.3, -0.25) is 0 Å². The maximum absolute atomic E-state index is 15.2. The summed E-state index contributed by atoms with van der Waals surface area (Å²) < 4.78 is 35.2. The third-order valence-corrected chi connectivity index (χ3v) is 5.09. The largest absolute Gasteiger partial charge is 0.497 e. The van der Waals surface area contributed by atoms with Crippen LogP contribution in [0.5, 0.6) is 5.75 Å². The fourth-order valence-electron chi connectivity index (χ4n) is 3.36. The van der Waals surface area contributed by atoms with Gasteiger partial charge in [0, 0.05) is 22.3 Å². The average molecular weight is 410 g/mol. The topological polar surface area (TPSA) is 9.23 Å². The van der Waals surface area contributed by atoms with Crippen LogP contribution in [0.25, 0.3) is 22.4 Å². The first-order chi connectivity index (χ1) is 15.1. The maximum Gasteiger partial charge on any atom is 0.167 e. The van der Waals surface area contributed by atoms with Gasteiger partial charge >= 0.3 is 0 Å². The summed E-state index contributed by atoms with van der Waals surface area (Å²) in [6.45, 7) is 2.02. The smallest absolute Gasteiger partial charge is 0.167 e. The number of hydrogen-bond acceptors (Lipinski definition) is 1. The van der Waals surface area contributed by atoms with Gasteiger partial charge in [-0.25, -0.2) is 8.78 Å². The Hall–Kier alpha value is -3.90. The zero-order chi connectivity index (χ0) is 21.8. The first-order valence-corrected chi connectivity index (χ1v) is 9.87. The number of ether oxygens (including phenoxy) is 1. The molecule has 0 saturated heterocycles. The van der Waals surface area contributed by atoms with Crippen LogP contribution in [0.15, 0.2) is 84.9 Å². The summed E-state index contributed by atoms with van der Waals surface area (Å²) in [5, 5.41) is 1.39. The normalized spacial score (nSPS) is 11.5. The number of hydrogen-bond donors (Lipinski definition) is 0. The van der Waals surface area contributed by atoms with E-state index in [1.807, 2.05) is 49.4 Å². The average Bonchev–Trinajstić information content (AvgIpc) is 2.82. The van der Waals surface area contributed by atoms with Crippen LogP contribution < -0.4 is 4.74 Å². The first kappa shape index (κ1) is 20.4. The molecule has 0 amide bonds.